The molecule has 3 N–H and O–H groups in total. The van der Waals surface area contributed by atoms with Crippen molar-refractivity contribution in [3.8, 4) is 5.75 Å². The number of benzene rings is 2. The maximum atomic E-state index is 9.59. The fraction of sp³-hybridized carbons (Fsp3) is 0.308. The normalized spacial score (nSPS) is 16.3. The Morgan fingerprint density at radius 3 is 2.25 bits per heavy atom. The standard InChI is InChI=1S/C18H19NOS.C8H13NOS/c1-19-12-11-17(18-10-5-13-21-18)20-16-9-4-7-14-6-2-3-8-15(14)16;1-9-5-4-7(10)8-3-2-6-11-8/h2-10,13,17,19H,11-12H2,1H3;2-3,6-7,9-10H,4-5H2,1H3/t17-;7-/m00/s1/i2*1D3. The number of hydrogen-bond acceptors (Lipinski definition) is 6. The molecular weight excluding hydrogens is 436 g/mol. The molecule has 0 fully saturated rings. The van der Waals surface area contributed by atoms with Crippen molar-refractivity contribution >= 4 is 33.4 Å². The van der Waals surface area contributed by atoms with Crippen molar-refractivity contribution in [2.75, 3.05) is 27.0 Å². The van der Waals surface area contributed by atoms with Crippen molar-refractivity contribution in [2.24, 2.45) is 0 Å². The molecule has 6 heteroatoms. The Morgan fingerprint density at radius 2 is 1.53 bits per heavy atom. The van der Waals surface area contributed by atoms with Crippen molar-refractivity contribution in [3.63, 3.8) is 0 Å². The van der Waals surface area contributed by atoms with Gasteiger partial charge in [0.2, 0.25) is 0 Å². The zero-order chi connectivity index (χ0) is 27.6. The molecule has 170 valence electrons. The van der Waals surface area contributed by atoms with Crippen LogP contribution in [0.25, 0.3) is 10.8 Å². The van der Waals surface area contributed by atoms with Crippen LogP contribution in [0.4, 0.5) is 0 Å². The number of ether oxygens (including phenoxy) is 1. The molecule has 4 aromatic rings. The lowest BCUT2D eigenvalue weighted by Crippen LogP contribution is -2.15. The van der Waals surface area contributed by atoms with Gasteiger partial charge in [0.15, 0.2) is 0 Å². The van der Waals surface area contributed by atoms with Gasteiger partial charge in [-0.25, -0.2) is 0 Å². The van der Waals surface area contributed by atoms with Crippen LogP contribution in [-0.4, -0.2) is 32.1 Å². The highest BCUT2D eigenvalue weighted by molar-refractivity contribution is 7.10. The Labute approximate surface area is 207 Å². The number of nitrogens with one attached hydrogen (secondary N) is 2. The second-order valence-electron chi connectivity index (χ2n) is 7.06. The van der Waals surface area contributed by atoms with Crippen molar-refractivity contribution in [2.45, 2.75) is 25.0 Å². The van der Waals surface area contributed by atoms with E-state index in [1.165, 1.54) is 11.3 Å². The highest BCUT2D eigenvalue weighted by Crippen LogP contribution is 2.32. The number of aliphatic hydroxyl groups excluding tert-OH is 1. The number of rotatable bonds is 10. The Balaban J connectivity index is 0.000000244. The van der Waals surface area contributed by atoms with Gasteiger partial charge in [-0.2, -0.15) is 0 Å². The zero-order valence-electron chi connectivity index (χ0n) is 23.7. The van der Waals surface area contributed by atoms with E-state index in [-0.39, 0.29) is 12.6 Å². The Kier molecular flexibility index (Phi) is 7.21. The van der Waals surface area contributed by atoms with E-state index in [4.69, 9.17) is 13.0 Å². The van der Waals surface area contributed by atoms with Crippen LogP contribution in [0.5, 0.6) is 5.75 Å². The summed E-state index contributed by atoms with van der Waals surface area (Å²) in [6.45, 7) is -3.59. The molecule has 2 heterocycles. The number of thiophene rings is 2. The summed E-state index contributed by atoms with van der Waals surface area (Å²) in [5.41, 5.74) is 0. The average Bonchev–Trinajstić information content (AvgIpc) is 3.57. The van der Waals surface area contributed by atoms with Crippen LogP contribution < -0.4 is 15.4 Å². The molecule has 0 saturated carbocycles. The third kappa shape index (κ3) is 7.15. The molecule has 0 aliphatic heterocycles. The highest BCUT2D eigenvalue weighted by Gasteiger charge is 2.15. The summed E-state index contributed by atoms with van der Waals surface area (Å²) >= 11 is 3.09. The fourth-order valence-corrected chi connectivity index (χ4v) is 4.76. The molecule has 0 spiro atoms. The molecule has 0 amide bonds. The lowest BCUT2D eigenvalue weighted by molar-refractivity contribution is 0.171. The van der Waals surface area contributed by atoms with E-state index in [2.05, 4.69) is 22.8 Å². The monoisotopic (exact) mass is 474 g/mol. The maximum absolute atomic E-state index is 9.59. The van der Waals surface area contributed by atoms with Gasteiger partial charge >= 0.3 is 0 Å². The molecule has 2 aromatic heterocycles. The quantitative estimate of drug-likeness (QED) is 0.263. The van der Waals surface area contributed by atoms with E-state index in [0.717, 1.165) is 26.3 Å². The van der Waals surface area contributed by atoms with Crippen molar-refractivity contribution in [3.05, 3.63) is 87.2 Å². The lowest BCUT2D eigenvalue weighted by atomic mass is 10.1. The van der Waals surface area contributed by atoms with Crippen LogP contribution in [0.1, 0.15) is 43.0 Å². The smallest absolute Gasteiger partial charge is 0.134 e. The lowest BCUT2D eigenvalue weighted by Gasteiger charge is -2.19. The number of aliphatic hydroxyl groups is 1. The Hall–Kier alpha value is -2.22. The van der Waals surface area contributed by atoms with Gasteiger partial charge in [0.05, 0.1) is 6.10 Å². The van der Waals surface area contributed by atoms with E-state index < -0.39 is 20.1 Å². The SMILES string of the molecule is [2H]C([2H])([2H])NCC[C@H](O)c1cccs1.[2H]C([2H])([2H])NCC[C@H](Oc1cccc2ccccc12)c1cccs1. The van der Waals surface area contributed by atoms with Gasteiger partial charge in [0, 0.05) is 29.8 Å². The molecule has 4 rings (SSSR count). The van der Waals surface area contributed by atoms with Gasteiger partial charge in [0.1, 0.15) is 11.9 Å². The second kappa shape index (κ2) is 13.4. The van der Waals surface area contributed by atoms with E-state index in [1.807, 2.05) is 65.4 Å². The summed E-state index contributed by atoms with van der Waals surface area (Å²) < 4.78 is 48.7. The third-order valence-electron chi connectivity index (χ3n) is 4.83. The third-order valence-corrected chi connectivity index (χ3v) is 6.76. The predicted molar refractivity (Wildman–Crippen MR) is 138 cm³/mol. The maximum Gasteiger partial charge on any atom is 0.134 e. The van der Waals surface area contributed by atoms with Crippen LogP contribution >= 0.6 is 22.7 Å². The molecule has 0 aliphatic carbocycles. The van der Waals surface area contributed by atoms with Gasteiger partial charge in [-0.15, -0.1) is 22.7 Å². The molecular formula is C26H32N2O2S2. The van der Waals surface area contributed by atoms with E-state index in [9.17, 15) is 5.11 Å². The van der Waals surface area contributed by atoms with E-state index in [0.29, 0.717) is 19.4 Å². The summed E-state index contributed by atoms with van der Waals surface area (Å²) in [4.78, 5) is 1.97. The summed E-state index contributed by atoms with van der Waals surface area (Å²) in [5.74, 6) is 0.820. The molecule has 2 aromatic carbocycles. The van der Waals surface area contributed by atoms with Crippen LogP contribution in [0.3, 0.4) is 0 Å². The summed E-state index contributed by atoms with van der Waals surface area (Å²) in [5, 5.41) is 20.6. The highest BCUT2D eigenvalue weighted by atomic mass is 32.1. The van der Waals surface area contributed by atoms with Gasteiger partial charge in [-0.05, 0) is 67.8 Å². The average molecular weight is 475 g/mol. The van der Waals surface area contributed by atoms with Crippen molar-refractivity contribution in [1.29, 1.82) is 0 Å². The zero-order valence-corrected chi connectivity index (χ0v) is 19.3. The first-order chi connectivity index (χ1) is 18.0. The fourth-order valence-electron chi connectivity index (χ4n) is 3.22. The minimum Gasteiger partial charge on any atom is -0.484 e. The summed E-state index contributed by atoms with van der Waals surface area (Å²) in [7, 11) is 0. The molecule has 32 heavy (non-hydrogen) atoms. The van der Waals surface area contributed by atoms with Gasteiger partial charge in [-0.1, -0.05) is 48.5 Å². The first-order valence-corrected chi connectivity index (χ1v) is 12.2. The molecule has 0 bridgehead atoms. The number of fused-ring (bicyclic) bond motifs is 1. The Morgan fingerprint density at radius 1 is 0.844 bits per heavy atom. The molecule has 0 radical (unpaired) electrons. The molecule has 0 unspecified atom stereocenters. The first kappa shape index (κ1) is 17.3. The second-order valence-corrected chi connectivity index (χ2v) is 9.02. The molecule has 4 nitrogen and oxygen atoms in total. The minimum atomic E-state index is -2.13. The Bertz CT molecular complexity index is 1210. The van der Waals surface area contributed by atoms with Crippen molar-refractivity contribution < 1.29 is 18.1 Å². The van der Waals surface area contributed by atoms with E-state index >= 15 is 0 Å². The largest absolute Gasteiger partial charge is 0.484 e. The van der Waals surface area contributed by atoms with Crippen LogP contribution in [0, 0.1) is 0 Å². The van der Waals surface area contributed by atoms with Crippen LogP contribution in [0.2, 0.25) is 0 Å². The summed E-state index contributed by atoms with van der Waals surface area (Å²) in [6, 6.07) is 21.8. The molecule has 2 atom stereocenters. The van der Waals surface area contributed by atoms with E-state index in [1.54, 1.807) is 11.3 Å². The first-order valence-electron chi connectivity index (χ1n) is 13.4. The summed E-state index contributed by atoms with van der Waals surface area (Å²) in [6.07, 6.45) is 0.261. The molecule has 0 aliphatic rings. The van der Waals surface area contributed by atoms with Crippen LogP contribution in [0.15, 0.2) is 77.5 Å². The molecule has 0 saturated heterocycles. The number of hydrogen-bond donors (Lipinski definition) is 3. The van der Waals surface area contributed by atoms with Crippen LogP contribution in [-0.2, 0) is 0 Å². The van der Waals surface area contributed by atoms with Gasteiger partial charge in [0.25, 0.3) is 0 Å². The van der Waals surface area contributed by atoms with Crippen molar-refractivity contribution in [1.82, 2.24) is 10.6 Å². The predicted octanol–water partition coefficient (Wildman–Crippen LogP) is 6.02. The minimum absolute atomic E-state index is 0.175. The van der Waals surface area contributed by atoms with Gasteiger partial charge in [-0.3, -0.25) is 0 Å². The topological polar surface area (TPSA) is 53.5 Å². The van der Waals surface area contributed by atoms with Gasteiger partial charge < -0.3 is 20.5 Å².